The monoisotopic (exact) mass is 298 g/mol. The van der Waals surface area contributed by atoms with Crippen molar-refractivity contribution in [1.29, 1.82) is 0 Å². The highest BCUT2D eigenvalue weighted by atomic mass is 19.1. The first-order chi connectivity index (χ1) is 10.6. The summed E-state index contributed by atoms with van der Waals surface area (Å²) in [7, 11) is 1.91. The summed E-state index contributed by atoms with van der Waals surface area (Å²) >= 11 is 0. The second-order valence-corrected chi connectivity index (χ2v) is 4.93. The van der Waals surface area contributed by atoms with Crippen LogP contribution in [0, 0.1) is 5.82 Å². The zero-order valence-electron chi connectivity index (χ0n) is 12.0. The van der Waals surface area contributed by atoms with E-state index in [1.54, 1.807) is 29.1 Å². The van der Waals surface area contributed by atoms with E-state index in [1.165, 1.54) is 18.5 Å². The third-order valence-corrected chi connectivity index (χ3v) is 3.21. The van der Waals surface area contributed by atoms with Gasteiger partial charge in [-0.2, -0.15) is 5.10 Å². The smallest absolute Gasteiger partial charge is 0.134 e. The molecular weight excluding hydrogens is 283 g/mol. The van der Waals surface area contributed by atoms with E-state index in [9.17, 15) is 4.39 Å². The molecule has 0 radical (unpaired) electrons. The molecule has 0 saturated heterocycles. The number of nitrogens with zero attached hydrogens (tertiary/aromatic N) is 5. The van der Waals surface area contributed by atoms with Crippen LogP contribution in [0.15, 0.2) is 49.1 Å². The fourth-order valence-corrected chi connectivity index (χ4v) is 2.10. The molecule has 1 aromatic carbocycles. The lowest BCUT2D eigenvalue weighted by molar-refractivity contribution is 0.627. The number of aromatic nitrogens is 4. The van der Waals surface area contributed by atoms with E-state index in [-0.39, 0.29) is 5.82 Å². The molecular formula is C15H15FN6. The quantitative estimate of drug-likeness (QED) is 0.797. The standard InChI is InChI=1S/C15H15FN6/c1-21(15-6-14(17)18-10-19-15)8-11-7-20-22(9-11)13-4-2-12(16)3-5-13/h2-7,9-10H,8H2,1H3,(H2,17,18,19). The molecule has 7 heteroatoms. The van der Waals surface area contributed by atoms with E-state index in [4.69, 9.17) is 5.73 Å². The van der Waals surface area contributed by atoms with E-state index >= 15 is 0 Å². The number of nitrogens with two attached hydrogens (primary N) is 1. The second-order valence-electron chi connectivity index (χ2n) is 4.93. The number of benzene rings is 1. The third kappa shape index (κ3) is 3.03. The molecule has 0 atom stereocenters. The Balaban J connectivity index is 1.75. The van der Waals surface area contributed by atoms with E-state index in [0.29, 0.717) is 12.4 Å². The minimum atomic E-state index is -0.266. The highest BCUT2D eigenvalue weighted by Crippen LogP contribution is 2.15. The molecule has 0 aliphatic carbocycles. The SMILES string of the molecule is CN(Cc1cnn(-c2ccc(F)cc2)c1)c1cc(N)ncn1. The summed E-state index contributed by atoms with van der Waals surface area (Å²) < 4.78 is 14.6. The Bertz CT molecular complexity index is 768. The van der Waals surface area contributed by atoms with Crippen LogP contribution in [0.4, 0.5) is 16.0 Å². The van der Waals surface area contributed by atoms with Gasteiger partial charge in [-0.3, -0.25) is 0 Å². The molecule has 2 N–H and O–H groups in total. The minimum Gasteiger partial charge on any atom is -0.384 e. The van der Waals surface area contributed by atoms with Crippen LogP contribution in [-0.4, -0.2) is 26.8 Å². The normalized spacial score (nSPS) is 10.6. The first-order valence-electron chi connectivity index (χ1n) is 6.70. The molecule has 0 bridgehead atoms. The first-order valence-corrected chi connectivity index (χ1v) is 6.70. The average Bonchev–Trinajstić information content (AvgIpc) is 2.96. The van der Waals surface area contributed by atoms with Crippen molar-refractivity contribution in [2.24, 2.45) is 0 Å². The molecule has 0 saturated carbocycles. The van der Waals surface area contributed by atoms with Gasteiger partial charge in [0, 0.05) is 31.4 Å². The molecule has 2 heterocycles. The van der Waals surface area contributed by atoms with Gasteiger partial charge >= 0.3 is 0 Å². The molecule has 2 aromatic heterocycles. The summed E-state index contributed by atoms with van der Waals surface area (Å²) in [5.74, 6) is 0.901. The molecule has 0 aliphatic heterocycles. The molecule has 22 heavy (non-hydrogen) atoms. The lowest BCUT2D eigenvalue weighted by Crippen LogP contribution is -2.17. The molecule has 112 valence electrons. The van der Waals surface area contributed by atoms with E-state index in [1.807, 2.05) is 18.1 Å². The second kappa shape index (κ2) is 5.80. The largest absolute Gasteiger partial charge is 0.384 e. The molecule has 0 amide bonds. The summed E-state index contributed by atoms with van der Waals surface area (Å²) in [6.45, 7) is 0.623. The summed E-state index contributed by atoms with van der Waals surface area (Å²) in [5.41, 5.74) is 7.47. The molecule has 0 aliphatic rings. The summed E-state index contributed by atoms with van der Waals surface area (Å²) in [6, 6.07) is 7.89. The Morgan fingerprint density at radius 3 is 2.73 bits per heavy atom. The molecule has 0 fully saturated rings. The van der Waals surface area contributed by atoms with Crippen LogP contribution in [0.3, 0.4) is 0 Å². The van der Waals surface area contributed by atoms with Gasteiger partial charge in [-0.25, -0.2) is 19.0 Å². The Morgan fingerprint density at radius 2 is 2.00 bits per heavy atom. The van der Waals surface area contributed by atoms with Crippen LogP contribution in [-0.2, 0) is 6.54 Å². The Morgan fingerprint density at radius 1 is 1.23 bits per heavy atom. The molecule has 0 spiro atoms. The van der Waals surface area contributed by atoms with Crippen LogP contribution in [0.1, 0.15) is 5.56 Å². The van der Waals surface area contributed by atoms with Gasteiger partial charge in [0.15, 0.2) is 0 Å². The maximum atomic E-state index is 12.9. The van der Waals surface area contributed by atoms with Crippen molar-refractivity contribution >= 4 is 11.6 Å². The Kier molecular flexibility index (Phi) is 3.69. The minimum absolute atomic E-state index is 0.266. The Hall–Kier alpha value is -2.96. The number of nitrogen functional groups attached to an aromatic ring is 1. The summed E-state index contributed by atoms with van der Waals surface area (Å²) in [6.07, 6.45) is 5.10. The molecule has 6 nitrogen and oxygen atoms in total. The van der Waals surface area contributed by atoms with Crippen molar-refractivity contribution in [3.8, 4) is 5.69 Å². The van der Waals surface area contributed by atoms with Crippen molar-refractivity contribution in [3.63, 3.8) is 0 Å². The van der Waals surface area contributed by atoms with Crippen LogP contribution in [0.2, 0.25) is 0 Å². The highest BCUT2D eigenvalue weighted by Gasteiger charge is 2.07. The molecule has 0 unspecified atom stereocenters. The van der Waals surface area contributed by atoms with Gasteiger partial charge in [0.2, 0.25) is 0 Å². The maximum absolute atomic E-state index is 12.9. The number of anilines is 2. The number of rotatable bonds is 4. The van der Waals surface area contributed by atoms with Crippen LogP contribution >= 0.6 is 0 Å². The van der Waals surface area contributed by atoms with Gasteiger partial charge in [0.25, 0.3) is 0 Å². The van der Waals surface area contributed by atoms with Crippen LogP contribution < -0.4 is 10.6 Å². The van der Waals surface area contributed by atoms with Gasteiger partial charge < -0.3 is 10.6 Å². The maximum Gasteiger partial charge on any atom is 0.134 e. The number of hydrogen-bond donors (Lipinski definition) is 1. The van der Waals surface area contributed by atoms with Crippen molar-refractivity contribution in [1.82, 2.24) is 19.7 Å². The summed E-state index contributed by atoms with van der Waals surface area (Å²) in [4.78, 5) is 10.00. The number of hydrogen-bond acceptors (Lipinski definition) is 5. The van der Waals surface area contributed by atoms with Crippen molar-refractivity contribution in [2.45, 2.75) is 6.54 Å². The van der Waals surface area contributed by atoms with Gasteiger partial charge in [-0.1, -0.05) is 0 Å². The zero-order chi connectivity index (χ0) is 15.5. The van der Waals surface area contributed by atoms with Crippen LogP contribution in [0.5, 0.6) is 0 Å². The van der Waals surface area contributed by atoms with E-state index < -0.39 is 0 Å². The van der Waals surface area contributed by atoms with Crippen LogP contribution in [0.25, 0.3) is 5.69 Å². The highest BCUT2D eigenvalue weighted by molar-refractivity contribution is 5.45. The van der Waals surface area contributed by atoms with Crippen molar-refractivity contribution < 1.29 is 4.39 Å². The molecule has 3 rings (SSSR count). The van der Waals surface area contributed by atoms with Crippen molar-refractivity contribution in [2.75, 3.05) is 17.7 Å². The first kappa shape index (κ1) is 14.0. The predicted molar refractivity (Wildman–Crippen MR) is 82.1 cm³/mol. The Labute approximate surface area is 127 Å². The van der Waals surface area contributed by atoms with Gasteiger partial charge in [-0.05, 0) is 24.3 Å². The van der Waals surface area contributed by atoms with Gasteiger partial charge in [-0.15, -0.1) is 0 Å². The lowest BCUT2D eigenvalue weighted by atomic mass is 10.3. The molecule has 3 aromatic rings. The fourth-order valence-electron chi connectivity index (χ4n) is 2.10. The number of halogens is 1. The summed E-state index contributed by atoms with van der Waals surface area (Å²) in [5, 5.41) is 4.29. The van der Waals surface area contributed by atoms with Gasteiger partial charge in [0.05, 0.1) is 11.9 Å². The third-order valence-electron chi connectivity index (χ3n) is 3.21. The predicted octanol–water partition coefficient (Wildman–Crippen LogP) is 2.02. The average molecular weight is 298 g/mol. The fraction of sp³-hybridized carbons (Fsp3) is 0.133. The lowest BCUT2D eigenvalue weighted by Gasteiger charge is -2.16. The van der Waals surface area contributed by atoms with Gasteiger partial charge in [0.1, 0.15) is 23.8 Å². The van der Waals surface area contributed by atoms with Crippen molar-refractivity contribution in [3.05, 3.63) is 60.4 Å². The van der Waals surface area contributed by atoms with E-state index in [0.717, 1.165) is 17.1 Å². The zero-order valence-corrected chi connectivity index (χ0v) is 12.0. The topological polar surface area (TPSA) is 72.9 Å². The van der Waals surface area contributed by atoms with E-state index in [2.05, 4.69) is 15.1 Å².